The largest absolute Gasteiger partial charge is 0.495 e. The lowest BCUT2D eigenvalue weighted by molar-refractivity contribution is 0.101. The fraction of sp³-hybridized carbons (Fsp3) is 0.200. The van der Waals surface area contributed by atoms with Crippen LogP contribution in [-0.4, -0.2) is 12.9 Å². The van der Waals surface area contributed by atoms with Crippen LogP contribution in [0.1, 0.15) is 22.8 Å². The van der Waals surface area contributed by atoms with Gasteiger partial charge in [-0.05, 0) is 19.1 Å². The van der Waals surface area contributed by atoms with E-state index in [1.165, 1.54) is 26.2 Å². The van der Waals surface area contributed by atoms with Crippen molar-refractivity contribution in [1.29, 1.82) is 5.26 Å². The van der Waals surface area contributed by atoms with Gasteiger partial charge in [-0.15, -0.1) is 0 Å². The molecule has 0 heterocycles. The van der Waals surface area contributed by atoms with Gasteiger partial charge < -0.3 is 10.5 Å². The lowest BCUT2D eigenvalue weighted by Gasteiger charge is -2.07. The summed E-state index contributed by atoms with van der Waals surface area (Å²) < 4.78 is 4.95. The highest BCUT2D eigenvalue weighted by Gasteiger charge is 2.10. The van der Waals surface area contributed by atoms with Crippen molar-refractivity contribution in [3.8, 4) is 11.8 Å². The molecule has 0 saturated carbocycles. The summed E-state index contributed by atoms with van der Waals surface area (Å²) in [6.07, 6.45) is 0. The summed E-state index contributed by atoms with van der Waals surface area (Å²) in [6, 6.07) is 4.89. The van der Waals surface area contributed by atoms with E-state index in [0.29, 0.717) is 11.3 Å². The molecule has 0 bridgehead atoms. The van der Waals surface area contributed by atoms with E-state index >= 15 is 0 Å². The van der Waals surface area contributed by atoms with Crippen molar-refractivity contribution in [1.82, 2.24) is 0 Å². The van der Waals surface area contributed by atoms with Crippen molar-refractivity contribution in [2.75, 3.05) is 12.8 Å². The standard InChI is InChI=1S/C10H10N2O2/c1-6(13)7-3-8(5-11)10(12)9(4-7)14-2/h3-4H,12H2,1-2H3. The van der Waals surface area contributed by atoms with Gasteiger partial charge in [-0.1, -0.05) is 0 Å². The summed E-state index contributed by atoms with van der Waals surface area (Å²) in [5.74, 6) is 0.231. The van der Waals surface area contributed by atoms with Crippen LogP contribution < -0.4 is 10.5 Å². The second-order valence-corrected chi connectivity index (χ2v) is 2.81. The molecule has 0 fully saturated rings. The Morgan fingerprint density at radius 1 is 1.57 bits per heavy atom. The number of nitrogens with two attached hydrogens (primary N) is 1. The monoisotopic (exact) mass is 190 g/mol. The van der Waals surface area contributed by atoms with E-state index in [9.17, 15) is 4.79 Å². The van der Waals surface area contributed by atoms with Crippen molar-refractivity contribution in [2.24, 2.45) is 0 Å². The maximum atomic E-state index is 11.1. The zero-order valence-corrected chi connectivity index (χ0v) is 8.00. The Kier molecular flexibility index (Phi) is 2.73. The van der Waals surface area contributed by atoms with Crippen LogP contribution in [0.15, 0.2) is 12.1 Å². The number of nitrogens with zero attached hydrogens (tertiary/aromatic N) is 1. The Bertz CT molecular complexity index is 419. The topological polar surface area (TPSA) is 76.1 Å². The van der Waals surface area contributed by atoms with Crippen molar-refractivity contribution < 1.29 is 9.53 Å². The molecule has 4 nitrogen and oxygen atoms in total. The number of benzene rings is 1. The van der Waals surface area contributed by atoms with Crippen LogP contribution in [0.2, 0.25) is 0 Å². The highest BCUT2D eigenvalue weighted by molar-refractivity contribution is 5.95. The Hall–Kier alpha value is -2.02. The highest BCUT2D eigenvalue weighted by Crippen LogP contribution is 2.26. The maximum Gasteiger partial charge on any atom is 0.159 e. The average molecular weight is 190 g/mol. The lowest BCUT2D eigenvalue weighted by Crippen LogP contribution is -2.00. The van der Waals surface area contributed by atoms with E-state index in [1.807, 2.05) is 6.07 Å². The molecule has 0 radical (unpaired) electrons. The molecule has 4 heteroatoms. The highest BCUT2D eigenvalue weighted by atomic mass is 16.5. The number of hydrogen-bond donors (Lipinski definition) is 1. The fourth-order valence-electron chi connectivity index (χ4n) is 1.09. The minimum absolute atomic E-state index is 0.125. The Morgan fingerprint density at radius 3 is 2.64 bits per heavy atom. The first-order chi connectivity index (χ1) is 6.60. The first-order valence-corrected chi connectivity index (χ1v) is 3.98. The number of ketones is 1. The number of Topliss-reactive ketones (excluding diaryl/α,β-unsaturated/α-hetero) is 1. The minimum Gasteiger partial charge on any atom is -0.495 e. The van der Waals surface area contributed by atoms with E-state index in [-0.39, 0.29) is 17.0 Å². The third kappa shape index (κ3) is 1.67. The van der Waals surface area contributed by atoms with E-state index in [4.69, 9.17) is 15.7 Å². The summed E-state index contributed by atoms with van der Waals surface area (Å²) in [6.45, 7) is 1.42. The van der Waals surface area contributed by atoms with E-state index < -0.39 is 0 Å². The van der Waals surface area contributed by atoms with Gasteiger partial charge >= 0.3 is 0 Å². The van der Waals surface area contributed by atoms with Crippen molar-refractivity contribution in [3.05, 3.63) is 23.3 Å². The summed E-state index contributed by atoms with van der Waals surface area (Å²) in [5, 5.41) is 8.75. The summed E-state index contributed by atoms with van der Waals surface area (Å²) in [5.41, 5.74) is 6.56. The predicted octanol–water partition coefficient (Wildman–Crippen LogP) is 1.35. The third-order valence-electron chi connectivity index (χ3n) is 1.89. The van der Waals surface area contributed by atoms with Gasteiger partial charge in [-0.2, -0.15) is 5.26 Å². The van der Waals surface area contributed by atoms with Crippen molar-refractivity contribution in [2.45, 2.75) is 6.92 Å². The van der Waals surface area contributed by atoms with E-state index in [2.05, 4.69) is 0 Å². The lowest BCUT2D eigenvalue weighted by atomic mass is 10.1. The molecule has 0 amide bonds. The molecule has 2 N–H and O–H groups in total. The fourth-order valence-corrected chi connectivity index (χ4v) is 1.09. The van der Waals surface area contributed by atoms with Crippen molar-refractivity contribution in [3.63, 3.8) is 0 Å². The van der Waals surface area contributed by atoms with Crippen molar-refractivity contribution >= 4 is 11.5 Å². The molecule has 1 aromatic carbocycles. The van der Waals surface area contributed by atoms with Crippen LogP contribution in [0.25, 0.3) is 0 Å². The molecular weight excluding hydrogens is 180 g/mol. The number of carbonyl (C=O) groups excluding carboxylic acids is 1. The second-order valence-electron chi connectivity index (χ2n) is 2.81. The minimum atomic E-state index is -0.125. The number of ether oxygens (including phenoxy) is 1. The van der Waals surface area contributed by atoms with Gasteiger partial charge in [0.25, 0.3) is 0 Å². The predicted molar refractivity (Wildman–Crippen MR) is 52.1 cm³/mol. The molecule has 0 atom stereocenters. The van der Waals surface area contributed by atoms with Crippen LogP contribution >= 0.6 is 0 Å². The second kappa shape index (κ2) is 3.79. The molecule has 0 aromatic heterocycles. The van der Waals surface area contributed by atoms with Gasteiger partial charge in [-0.25, -0.2) is 0 Å². The number of methoxy groups -OCH3 is 1. The number of hydrogen-bond acceptors (Lipinski definition) is 4. The summed E-state index contributed by atoms with van der Waals surface area (Å²) in [4.78, 5) is 11.1. The summed E-state index contributed by atoms with van der Waals surface area (Å²) in [7, 11) is 1.44. The van der Waals surface area contributed by atoms with Crippen LogP contribution in [0, 0.1) is 11.3 Å². The molecule has 72 valence electrons. The van der Waals surface area contributed by atoms with Crippen LogP contribution in [0.5, 0.6) is 5.75 Å². The Balaban J connectivity index is 3.41. The molecule has 0 aliphatic rings. The average Bonchev–Trinajstić information content (AvgIpc) is 2.17. The van der Waals surface area contributed by atoms with Gasteiger partial charge in [0.15, 0.2) is 5.78 Å². The summed E-state index contributed by atoms with van der Waals surface area (Å²) >= 11 is 0. The SMILES string of the molecule is COc1cc(C(C)=O)cc(C#N)c1N. The van der Waals surface area contributed by atoms with Gasteiger partial charge in [0.2, 0.25) is 0 Å². The molecule has 0 unspecified atom stereocenters. The van der Waals surface area contributed by atoms with Crippen LogP contribution in [-0.2, 0) is 0 Å². The zero-order valence-electron chi connectivity index (χ0n) is 8.00. The first kappa shape index (κ1) is 10.1. The number of nitrogen functional groups attached to an aromatic ring is 1. The molecule has 0 spiro atoms. The normalized spacial score (nSPS) is 9.21. The zero-order chi connectivity index (χ0) is 10.7. The molecule has 0 aliphatic carbocycles. The van der Waals surface area contributed by atoms with Gasteiger partial charge in [-0.3, -0.25) is 4.79 Å². The number of carbonyl (C=O) groups is 1. The first-order valence-electron chi connectivity index (χ1n) is 3.98. The van der Waals surface area contributed by atoms with E-state index in [0.717, 1.165) is 0 Å². The number of rotatable bonds is 2. The molecule has 0 saturated heterocycles. The molecule has 1 rings (SSSR count). The maximum absolute atomic E-state index is 11.1. The van der Waals surface area contributed by atoms with Gasteiger partial charge in [0, 0.05) is 5.56 Å². The molecule has 1 aromatic rings. The molecular formula is C10H10N2O2. The van der Waals surface area contributed by atoms with Crippen LogP contribution in [0.4, 0.5) is 5.69 Å². The molecule has 14 heavy (non-hydrogen) atoms. The van der Waals surface area contributed by atoms with Crippen LogP contribution in [0.3, 0.4) is 0 Å². The number of nitriles is 1. The van der Waals surface area contributed by atoms with E-state index in [1.54, 1.807) is 0 Å². The Labute approximate surface area is 81.9 Å². The smallest absolute Gasteiger partial charge is 0.159 e. The van der Waals surface area contributed by atoms with Gasteiger partial charge in [0.1, 0.15) is 11.8 Å². The van der Waals surface area contributed by atoms with Gasteiger partial charge in [0.05, 0.1) is 18.4 Å². The number of anilines is 1. The third-order valence-corrected chi connectivity index (χ3v) is 1.89. The quantitative estimate of drug-likeness (QED) is 0.564. The Morgan fingerprint density at radius 2 is 2.21 bits per heavy atom. The molecule has 0 aliphatic heterocycles.